The Labute approximate surface area is 118 Å². The third-order valence-corrected chi connectivity index (χ3v) is 3.97. The van der Waals surface area contributed by atoms with Gasteiger partial charge in [0.2, 0.25) is 0 Å². The van der Waals surface area contributed by atoms with Gasteiger partial charge in [0.1, 0.15) is 5.82 Å². The van der Waals surface area contributed by atoms with Crippen molar-refractivity contribution in [2.75, 3.05) is 31.2 Å². The zero-order valence-corrected chi connectivity index (χ0v) is 11.6. The van der Waals surface area contributed by atoms with Crippen LogP contribution in [0.5, 0.6) is 0 Å². The monoisotopic (exact) mass is 281 g/mol. The minimum atomic E-state index is -0.777. The van der Waals surface area contributed by atoms with E-state index in [0.717, 1.165) is 5.69 Å². The SMILES string of the molecule is CCN(CC1(C(=O)O)CCOCC1)c1ccc(F)cc1. The van der Waals surface area contributed by atoms with E-state index in [0.29, 0.717) is 39.1 Å². The van der Waals surface area contributed by atoms with Crippen molar-refractivity contribution in [2.45, 2.75) is 19.8 Å². The molecule has 110 valence electrons. The van der Waals surface area contributed by atoms with Gasteiger partial charge in [-0.2, -0.15) is 0 Å². The number of nitrogens with zero attached hydrogens (tertiary/aromatic N) is 1. The molecule has 0 saturated carbocycles. The van der Waals surface area contributed by atoms with Gasteiger partial charge in [0.25, 0.3) is 0 Å². The zero-order valence-electron chi connectivity index (χ0n) is 11.6. The first-order valence-corrected chi connectivity index (χ1v) is 6.89. The minimum absolute atomic E-state index is 0.288. The second-order valence-electron chi connectivity index (χ2n) is 5.19. The normalized spacial score (nSPS) is 17.7. The molecule has 0 amide bonds. The van der Waals surface area contributed by atoms with Crippen molar-refractivity contribution >= 4 is 11.7 Å². The number of ether oxygens (including phenoxy) is 1. The minimum Gasteiger partial charge on any atom is -0.481 e. The molecule has 0 aromatic heterocycles. The summed E-state index contributed by atoms with van der Waals surface area (Å²) in [6.45, 7) is 4.04. The van der Waals surface area contributed by atoms with E-state index in [9.17, 15) is 14.3 Å². The number of anilines is 1. The number of halogens is 1. The van der Waals surface area contributed by atoms with E-state index in [1.54, 1.807) is 12.1 Å². The summed E-state index contributed by atoms with van der Waals surface area (Å²) in [7, 11) is 0. The number of carbonyl (C=O) groups is 1. The van der Waals surface area contributed by atoms with Crippen molar-refractivity contribution in [3.8, 4) is 0 Å². The predicted molar refractivity (Wildman–Crippen MR) is 74.4 cm³/mol. The summed E-state index contributed by atoms with van der Waals surface area (Å²) in [5.74, 6) is -1.06. The summed E-state index contributed by atoms with van der Waals surface area (Å²) in [6.07, 6.45) is 1.03. The molecule has 1 fully saturated rings. The van der Waals surface area contributed by atoms with Crippen LogP contribution in [-0.4, -0.2) is 37.4 Å². The lowest BCUT2D eigenvalue weighted by Gasteiger charge is -2.38. The smallest absolute Gasteiger partial charge is 0.311 e. The number of carboxylic acid groups (broad SMARTS) is 1. The van der Waals surface area contributed by atoms with Crippen LogP contribution in [0, 0.1) is 11.2 Å². The first-order valence-electron chi connectivity index (χ1n) is 6.89. The molecular formula is C15H20FNO3. The summed E-state index contributed by atoms with van der Waals surface area (Å²) in [5.41, 5.74) is 0.0730. The van der Waals surface area contributed by atoms with Crippen LogP contribution >= 0.6 is 0 Å². The average Bonchev–Trinajstić information content (AvgIpc) is 2.47. The number of aliphatic carboxylic acids is 1. The van der Waals surface area contributed by atoms with E-state index in [4.69, 9.17) is 4.74 Å². The lowest BCUT2D eigenvalue weighted by atomic mass is 9.79. The van der Waals surface area contributed by atoms with Crippen molar-refractivity contribution in [1.82, 2.24) is 0 Å². The third kappa shape index (κ3) is 3.10. The van der Waals surface area contributed by atoms with Crippen molar-refractivity contribution in [1.29, 1.82) is 0 Å². The molecule has 1 aliphatic heterocycles. The van der Waals surface area contributed by atoms with Crippen LogP contribution in [0.4, 0.5) is 10.1 Å². The molecule has 0 spiro atoms. The fourth-order valence-corrected chi connectivity index (χ4v) is 2.60. The number of hydrogen-bond donors (Lipinski definition) is 1. The standard InChI is InChI=1S/C15H20FNO3/c1-2-17(13-5-3-12(16)4-6-13)11-15(14(18)19)7-9-20-10-8-15/h3-6H,2,7-11H2,1H3,(H,18,19). The fourth-order valence-electron chi connectivity index (χ4n) is 2.60. The van der Waals surface area contributed by atoms with Crippen LogP contribution in [0.25, 0.3) is 0 Å². The van der Waals surface area contributed by atoms with Gasteiger partial charge in [-0.3, -0.25) is 4.79 Å². The largest absolute Gasteiger partial charge is 0.481 e. The molecule has 0 atom stereocenters. The Kier molecular flexibility index (Phi) is 4.60. The summed E-state index contributed by atoms with van der Waals surface area (Å²) in [5, 5.41) is 9.58. The summed E-state index contributed by atoms with van der Waals surface area (Å²) in [6, 6.07) is 6.17. The van der Waals surface area contributed by atoms with Crippen molar-refractivity contribution in [3.63, 3.8) is 0 Å². The maximum atomic E-state index is 13.0. The highest BCUT2D eigenvalue weighted by molar-refractivity contribution is 5.76. The zero-order chi connectivity index (χ0) is 14.6. The molecule has 2 rings (SSSR count). The molecule has 1 N–H and O–H groups in total. The molecule has 0 unspecified atom stereocenters. The van der Waals surface area contributed by atoms with E-state index in [1.165, 1.54) is 12.1 Å². The second-order valence-corrected chi connectivity index (χ2v) is 5.19. The Morgan fingerprint density at radius 2 is 1.95 bits per heavy atom. The Morgan fingerprint density at radius 3 is 2.45 bits per heavy atom. The Hall–Kier alpha value is -1.62. The van der Waals surface area contributed by atoms with Gasteiger partial charge in [0.15, 0.2) is 0 Å². The molecule has 1 aliphatic rings. The molecule has 1 aromatic carbocycles. The first-order chi connectivity index (χ1) is 9.57. The number of rotatable bonds is 5. The second kappa shape index (κ2) is 6.22. The maximum absolute atomic E-state index is 13.0. The van der Waals surface area contributed by atoms with Gasteiger partial charge in [-0.1, -0.05) is 0 Å². The summed E-state index contributed by atoms with van der Waals surface area (Å²) >= 11 is 0. The van der Waals surface area contributed by atoms with Crippen molar-refractivity contribution in [2.24, 2.45) is 5.41 Å². The van der Waals surface area contributed by atoms with Gasteiger partial charge in [0.05, 0.1) is 5.41 Å². The molecule has 1 aromatic rings. The molecule has 4 nitrogen and oxygen atoms in total. The molecule has 0 radical (unpaired) electrons. The van der Waals surface area contributed by atoms with Gasteiger partial charge in [-0.05, 0) is 44.0 Å². The topological polar surface area (TPSA) is 49.8 Å². The van der Waals surface area contributed by atoms with Crippen LogP contribution in [0.3, 0.4) is 0 Å². The van der Waals surface area contributed by atoms with Crippen molar-refractivity contribution in [3.05, 3.63) is 30.1 Å². The highest BCUT2D eigenvalue weighted by Crippen LogP contribution is 2.33. The lowest BCUT2D eigenvalue weighted by molar-refractivity contribution is -0.154. The Morgan fingerprint density at radius 1 is 1.35 bits per heavy atom. The van der Waals surface area contributed by atoms with E-state index in [1.807, 2.05) is 11.8 Å². The summed E-state index contributed by atoms with van der Waals surface area (Å²) in [4.78, 5) is 13.7. The molecule has 20 heavy (non-hydrogen) atoms. The predicted octanol–water partition coefficient (Wildman–Crippen LogP) is 2.53. The lowest BCUT2D eigenvalue weighted by Crippen LogP contribution is -2.46. The molecule has 1 heterocycles. The van der Waals surface area contributed by atoms with Gasteiger partial charge < -0.3 is 14.7 Å². The van der Waals surface area contributed by atoms with Crippen LogP contribution in [0.15, 0.2) is 24.3 Å². The van der Waals surface area contributed by atoms with Crippen LogP contribution < -0.4 is 4.90 Å². The van der Waals surface area contributed by atoms with Gasteiger partial charge in [-0.15, -0.1) is 0 Å². The molecule has 0 bridgehead atoms. The molecule has 1 saturated heterocycles. The molecule has 0 aliphatic carbocycles. The molecule has 5 heteroatoms. The van der Waals surface area contributed by atoms with E-state index in [-0.39, 0.29) is 5.82 Å². The third-order valence-electron chi connectivity index (χ3n) is 3.97. The van der Waals surface area contributed by atoms with Crippen molar-refractivity contribution < 1.29 is 19.0 Å². The van der Waals surface area contributed by atoms with Crippen LogP contribution in [0.1, 0.15) is 19.8 Å². The van der Waals surface area contributed by atoms with Gasteiger partial charge in [0, 0.05) is 32.0 Å². The highest BCUT2D eigenvalue weighted by atomic mass is 19.1. The Bertz CT molecular complexity index is 455. The fraction of sp³-hybridized carbons (Fsp3) is 0.533. The van der Waals surface area contributed by atoms with E-state index in [2.05, 4.69) is 0 Å². The van der Waals surface area contributed by atoms with Crippen LogP contribution in [-0.2, 0) is 9.53 Å². The number of hydrogen-bond acceptors (Lipinski definition) is 3. The van der Waals surface area contributed by atoms with E-state index >= 15 is 0 Å². The number of benzene rings is 1. The van der Waals surface area contributed by atoms with Gasteiger partial charge in [-0.25, -0.2) is 4.39 Å². The quantitative estimate of drug-likeness (QED) is 0.901. The Balaban J connectivity index is 2.18. The average molecular weight is 281 g/mol. The van der Waals surface area contributed by atoms with E-state index < -0.39 is 11.4 Å². The first kappa shape index (κ1) is 14.8. The summed E-state index contributed by atoms with van der Waals surface area (Å²) < 4.78 is 18.3. The molecular weight excluding hydrogens is 261 g/mol. The number of carboxylic acids is 1. The van der Waals surface area contributed by atoms with Crippen LogP contribution in [0.2, 0.25) is 0 Å². The van der Waals surface area contributed by atoms with Gasteiger partial charge >= 0.3 is 5.97 Å². The highest BCUT2D eigenvalue weighted by Gasteiger charge is 2.41. The maximum Gasteiger partial charge on any atom is 0.311 e.